The second-order valence-electron chi connectivity index (χ2n) is 9.32. The molecule has 0 aliphatic carbocycles. The third-order valence-corrected chi connectivity index (χ3v) is 6.56. The van der Waals surface area contributed by atoms with E-state index in [1.54, 1.807) is 0 Å². The van der Waals surface area contributed by atoms with E-state index < -0.39 is 0 Å². The van der Waals surface area contributed by atoms with Gasteiger partial charge in [0.2, 0.25) is 0 Å². The molecule has 0 aliphatic rings. The van der Waals surface area contributed by atoms with Crippen molar-refractivity contribution < 1.29 is 13.9 Å². The first-order valence-electron chi connectivity index (χ1n) is 13.1. The normalized spacial score (nSPS) is 11.2. The molecule has 1 heterocycles. The smallest absolute Gasteiger partial charge is 0.142 e. The van der Waals surface area contributed by atoms with Crippen molar-refractivity contribution in [2.75, 3.05) is 0 Å². The van der Waals surface area contributed by atoms with Gasteiger partial charge in [0, 0.05) is 22.6 Å². The minimum Gasteiger partial charge on any atom is -0.489 e. The zero-order valence-corrected chi connectivity index (χ0v) is 21.5. The van der Waals surface area contributed by atoms with Crippen LogP contribution in [0.1, 0.15) is 22.3 Å². The van der Waals surface area contributed by atoms with Crippen molar-refractivity contribution in [1.29, 1.82) is 0 Å². The quantitative estimate of drug-likeness (QED) is 0.195. The lowest BCUT2D eigenvalue weighted by atomic mass is 10.0. The molecule has 0 N–H and O–H groups in total. The maximum atomic E-state index is 6.41. The van der Waals surface area contributed by atoms with E-state index in [-0.39, 0.29) is 0 Å². The monoisotopic (exact) mass is 508 g/mol. The van der Waals surface area contributed by atoms with E-state index in [1.165, 1.54) is 0 Å². The Hall–Kier alpha value is -5.02. The summed E-state index contributed by atoms with van der Waals surface area (Å²) in [6, 6.07) is 44.7. The van der Waals surface area contributed by atoms with Gasteiger partial charge in [-0.1, -0.05) is 109 Å². The predicted octanol–water partition coefficient (Wildman–Crippen LogP) is 9.43. The van der Waals surface area contributed by atoms with Gasteiger partial charge in [-0.3, -0.25) is 0 Å². The molecule has 0 amide bonds. The molecule has 39 heavy (non-hydrogen) atoms. The second-order valence-corrected chi connectivity index (χ2v) is 9.32. The Balaban J connectivity index is 1.24. The fourth-order valence-corrected chi connectivity index (χ4v) is 4.49. The third-order valence-electron chi connectivity index (χ3n) is 6.56. The molecule has 5 aromatic carbocycles. The first kappa shape index (κ1) is 24.3. The highest BCUT2D eigenvalue weighted by molar-refractivity contribution is 5.97. The van der Waals surface area contributed by atoms with Crippen LogP contribution in [0.3, 0.4) is 0 Å². The van der Waals surface area contributed by atoms with E-state index in [0.717, 1.165) is 56.0 Å². The summed E-state index contributed by atoms with van der Waals surface area (Å²) in [4.78, 5) is 0. The molecule has 3 nitrogen and oxygen atoms in total. The highest BCUT2D eigenvalue weighted by atomic mass is 16.5. The molecule has 0 unspecified atom stereocenters. The molecule has 190 valence electrons. The van der Waals surface area contributed by atoms with Gasteiger partial charge in [-0.05, 0) is 47.0 Å². The van der Waals surface area contributed by atoms with Crippen LogP contribution in [0.25, 0.3) is 34.4 Å². The van der Waals surface area contributed by atoms with Crippen molar-refractivity contribution in [3.63, 3.8) is 0 Å². The standard InChI is InChI=1S/C36H28O3/c1-4-10-28(11-5-1)25-37-31-19-16-27(17-20-31)18-22-34-33-23-21-32(38-26-29-12-6-2-7-13-29)24-35(33)39-36(34)30-14-8-3-9-15-30/h1-24H,25-26H2/b22-18+. The average Bonchev–Trinajstić information content (AvgIpc) is 3.37. The lowest BCUT2D eigenvalue weighted by molar-refractivity contribution is 0.306. The Morgan fingerprint density at radius 3 is 1.74 bits per heavy atom. The lowest BCUT2D eigenvalue weighted by Gasteiger charge is -2.06. The van der Waals surface area contributed by atoms with Crippen LogP contribution in [0.4, 0.5) is 0 Å². The molecule has 0 saturated carbocycles. The molecule has 6 aromatic rings. The zero-order chi connectivity index (χ0) is 26.3. The van der Waals surface area contributed by atoms with Gasteiger partial charge in [-0.15, -0.1) is 0 Å². The van der Waals surface area contributed by atoms with Crippen molar-refractivity contribution in [3.05, 3.63) is 156 Å². The molecule has 0 saturated heterocycles. The third kappa shape index (κ3) is 5.94. The molecule has 0 spiro atoms. The summed E-state index contributed by atoms with van der Waals surface area (Å²) >= 11 is 0. The number of rotatable bonds is 9. The minimum absolute atomic E-state index is 0.510. The molecular formula is C36H28O3. The van der Waals surface area contributed by atoms with Gasteiger partial charge in [-0.25, -0.2) is 0 Å². The SMILES string of the molecule is C(=C\c1c(-c2ccccc2)oc2cc(OCc3ccccc3)ccc12)/c1ccc(OCc2ccccc2)cc1. The van der Waals surface area contributed by atoms with Crippen LogP contribution in [0.5, 0.6) is 11.5 Å². The second kappa shape index (κ2) is 11.6. The van der Waals surface area contributed by atoms with E-state index in [1.807, 2.05) is 78.9 Å². The first-order valence-corrected chi connectivity index (χ1v) is 13.1. The number of hydrogen-bond donors (Lipinski definition) is 0. The van der Waals surface area contributed by atoms with E-state index in [4.69, 9.17) is 13.9 Å². The lowest BCUT2D eigenvalue weighted by Crippen LogP contribution is -1.94. The average molecular weight is 509 g/mol. The molecule has 6 rings (SSSR count). The predicted molar refractivity (Wildman–Crippen MR) is 159 cm³/mol. The summed E-state index contributed by atoms with van der Waals surface area (Å²) in [5.74, 6) is 2.46. The van der Waals surface area contributed by atoms with E-state index >= 15 is 0 Å². The van der Waals surface area contributed by atoms with Crippen molar-refractivity contribution in [2.24, 2.45) is 0 Å². The van der Waals surface area contributed by atoms with E-state index in [0.29, 0.717) is 13.2 Å². The van der Waals surface area contributed by atoms with Crippen LogP contribution in [0.2, 0.25) is 0 Å². The van der Waals surface area contributed by atoms with Gasteiger partial charge in [0.05, 0.1) is 0 Å². The highest BCUT2D eigenvalue weighted by Crippen LogP contribution is 2.37. The molecule has 0 radical (unpaired) electrons. The molecule has 1 aromatic heterocycles. The van der Waals surface area contributed by atoms with Crippen molar-refractivity contribution >= 4 is 23.1 Å². The van der Waals surface area contributed by atoms with E-state index in [9.17, 15) is 0 Å². The zero-order valence-electron chi connectivity index (χ0n) is 21.5. The molecule has 0 fully saturated rings. The Morgan fingerprint density at radius 2 is 1.10 bits per heavy atom. The highest BCUT2D eigenvalue weighted by Gasteiger charge is 2.15. The van der Waals surface area contributed by atoms with Crippen LogP contribution in [0.15, 0.2) is 138 Å². The summed E-state index contributed by atoms with van der Waals surface area (Å²) in [5.41, 5.74) is 6.22. The van der Waals surface area contributed by atoms with Crippen LogP contribution in [-0.2, 0) is 13.2 Å². The molecule has 3 heteroatoms. The van der Waals surface area contributed by atoms with Crippen molar-refractivity contribution in [2.45, 2.75) is 13.2 Å². The van der Waals surface area contributed by atoms with Gasteiger partial charge < -0.3 is 13.9 Å². The summed E-state index contributed by atoms with van der Waals surface area (Å²) in [5, 5.41) is 1.04. The topological polar surface area (TPSA) is 31.6 Å². The van der Waals surface area contributed by atoms with Gasteiger partial charge >= 0.3 is 0 Å². The number of fused-ring (bicyclic) bond motifs is 1. The Kier molecular flexibility index (Phi) is 7.22. The van der Waals surface area contributed by atoms with Crippen LogP contribution in [0, 0.1) is 0 Å². The number of hydrogen-bond acceptors (Lipinski definition) is 3. The largest absolute Gasteiger partial charge is 0.489 e. The van der Waals surface area contributed by atoms with Gasteiger partial charge in [-0.2, -0.15) is 0 Å². The van der Waals surface area contributed by atoms with E-state index in [2.05, 4.69) is 66.7 Å². The van der Waals surface area contributed by atoms with Crippen LogP contribution < -0.4 is 9.47 Å². The Labute approximate surface area is 228 Å². The molecular weight excluding hydrogens is 480 g/mol. The van der Waals surface area contributed by atoms with Gasteiger partial charge in [0.15, 0.2) is 0 Å². The van der Waals surface area contributed by atoms with Crippen LogP contribution >= 0.6 is 0 Å². The fraction of sp³-hybridized carbons (Fsp3) is 0.0556. The van der Waals surface area contributed by atoms with Crippen LogP contribution in [-0.4, -0.2) is 0 Å². The summed E-state index contributed by atoms with van der Waals surface area (Å²) in [7, 11) is 0. The molecule has 0 bridgehead atoms. The number of ether oxygens (including phenoxy) is 2. The molecule has 0 aliphatic heterocycles. The minimum atomic E-state index is 0.510. The Bertz CT molecular complexity index is 1670. The maximum absolute atomic E-state index is 6.41. The summed E-state index contributed by atoms with van der Waals surface area (Å²) in [6.07, 6.45) is 4.23. The maximum Gasteiger partial charge on any atom is 0.142 e. The van der Waals surface area contributed by atoms with Crippen molar-refractivity contribution in [1.82, 2.24) is 0 Å². The first-order chi connectivity index (χ1) is 19.3. The van der Waals surface area contributed by atoms with Gasteiger partial charge in [0.1, 0.15) is 36.1 Å². The Morgan fingerprint density at radius 1 is 0.538 bits per heavy atom. The van der Waals surface area contributed by atoms with Crippen molar-refractivity contribution in [3.8, 4) is 22.8 Å². The molecule has 0 atom stereocenters. The summed E-state index contributed by atoms with van der Waals surface area (Å²) < 4.78 is 18.4. The fourth-order valence-electron chi connectivity index (χ4n) is 4.49. The summed E-state index contributed by atoms with van der Waals surface area (Å²) in [6.45, 7) is 1.06. The number of furan rings is 1. The number of benzene rings is 5. The van der Waals surface area contributed by atoms with Gasteiger partial charge in [0.25, 0.3) is 0 Å².